The first-order valence-electron chi connectivity index (χ1n) is 5.51. The highest BCUT2D eigenvalue weighted by Gasteiger charge is 2.25. The molecule has 1 saturated heterocycles. The molecule has 0 saturated carbocycles. The van der Waals surface area contributed by atoms with Crippen molar-refractivity contribution in [3.8, 4) is 0 Å². The van der Waals surface area contributed by atoms with Gasteiger partial charge in [0.1, 0.15) is 6.54 Å². The molecule has 1 unspecified atom stereocenters. The van der Waals surface area contributed by atoms with E-state index in [1.54, 1.807) is 4.90 Å². The summed E-state index contributed by atoms with van der Waals surface area (Å²) in [6.45, 7) is 2.82. The van der Waals surface area contributed by atoms with Gasteiger partial charge in [0.25, 0.3) is 0 Å². The van der Waals surface area contributed by atoms with Crippen molar-refractivity contribution in [3.63, 3.8) is 0 Å². The van der Waals surface area contributed by atoms with Crippen LogP contribution in [-0.2, 0) is 11.3 Å². The summed E-state index contributed by atoms with van der Waals surface area (Å²) < 4.78 is 1.26. The first kappa shape index (κ1) is 11.6. The molecule has 0 radical (unpaired) electrons. The number of carboxylic acids is 1. The van der Waals surface area contributed by atoms with Crippen LogP contribution in [-0.4, -0.2) is 49.5 Å². The van der Waals surface area contributed by atoms with Gasteiger partial charge in [-0.3, -0.25) is 4.79 Å². The Morgan fingerprint density at radius 1 is 1.59 bits per heavy atom. The maximum Gasteiger partial charge on any atom is 0.358 e. The van der Waals surface area contributed by atoms with Crippen LogP contribution in [0.15, 0.2) is 6.20 Å². The summed E-state index contributed by atoms with van der Waals surface area (Å²) in [5.74, 6) is -1.19. The van der Waals surface area contributed by atoms with Gasteiger partial charge in [0, 0.05) is 12.6 Å². The SMILES string of the molecule is CC1CCCN1C(=O)Cn1cc(C(=O)O)nn1. The second-order valence-electron chi connectivity index (χ2n) is 4.18. The van der Waals surface area contributed by atoms with Gasteiger partial charge in [-0.25, -0.2) is 9.48 Å². The van der Waals surface area contributed by atoms with E-state index in [0.717, 1.165) is 19.4 Å². The summed E-state index contributed by atoms with van der Waals surface area (Å²) in [5, 5.41) is 15.7. The van der Waals surface area contributed by atoms with Crippen LogP contribution < -0.4 is 0 Å². The fourth-order valence-corrected chi connectivity index (χ4v) is 2.01. The predicted molar refractivity (Wildman–Crippen MR) is 57.4 cm³/mol. The molecule has 1 amide bonds. The van der Waals surface area contributed by atoms with Crippen LogP contribution in [0.5, 0.6) is 0 Å². The first-order chi connectivity index (χ1) is 8.08. The van der Waals surface area contributed by atoms with Crippen molar-refractivity contribution in [2.45, 2.75) is 32.4 Å². The fourth-order valence-electron chi connectivity index (χ4n) is 2.01. The molecule has 0 spiro atoms. The highest BCUT2D eigenvalue weighted by atomic mass is 16.4. The highest BCUT2D eigenvalue weighted by molar-refractivity contribution is 5.84. The number of likely N-dealkylation sites (tertiary alicyclic amines) is 1. The zero-order valence-electron chi connectivity index (χ0n) is 9.54. The zero-order chi connectivity index (χ0) is 12.4. The quantitative estimate of drug-likeness (QED) is 0.799. The Hall–Kier alpha value is -1.92. The molecule has 1 fully saturated rings. The van der Waals surface area contributed by atoms with Crippen molar-refractivity contribution < 1.29 is 14.7 Å². The number of carbonyl (C=O) groups is 2. The standard InChI is InChI=1S/C10H14N4O3/c1-7-3-2-4-14(7)9(15)6-13-5-8(10(16)17)11-12-13/h5,7H,2-4,6H2,1H3,(H,16,17). The predicted octanol–water partition coefficient (Wildman–Crippen LogP) is -0.0128. The van der Waals surface area contributed by atoms with Crippen molar-refractivity contribution in [1.29, 1.82) is 0 Å². The van der Waals surface area contributed by atoms with E-state index in [2.05, 4.69) is 10.3 Å². The number of nitrogens with zero attached hydrogens (tertiary/aromatic N) is 4. The number of carbonyl (C=O) groups excluding carboxylic acids is 1. The molecule has 1 N–H and O–H groups in total. The lowest BCUT2D eigenvalue weighted by Crippen LogP contribution is -2.36. The minimum absolute atomic E-state index is 0.0446. The summed E-state index contributed by atoms with van der Waals surface area (Å²) in [6, 6.07) is 0.255. The molecule has 7 heteroatoms. The summed E-state index contributed by atoms with van der Waals surface area (Å²) in [6.07, 6.45) is 3.30. The van der Waals surface area contributed by atoms with E-state index in [4.69, 9.17) is 5.11 Å². The lowest BCUT2D eigenvalue weighted by molar-refractivity contribution is -0.132. The average Bonchev–Trinajstić information content (AvgIpc) is 2.86. The maximum absolute atomic E-state index is 11.9. The molecule has 7 nitrogen and oxygen atoms in total. The molecule has 1 aliphatic heterocycles. The van der Waals surface area contributed by atoms with Crippen molar-refractivity contribution in [1.82, 2.24) is 19.9 Å². The molecule has 1 aromatic rings. The number of hydrogen-bond donors (Lipinski definition) is 1. The second kappa shape index (κ2) is 4.52. The Balaban J connectivity index is 2.00. The largest absolute Gasteiger partial charge is 0.476 e. The number of carboxylic acid groups (broad SMARTS) is 1. The Bertz CT molecular complexity index is 443. The Kier molecular flexibility index (Phi) is 3.08. The molecule has 0 bridgehead atoms. The van der Waals surface area contributed by atoms with Gasteiger partial charge >= 0.3 is 5.97 Å². The molecule has 92 valence electrons. The first-order valence-corrected chi connectivity index (χ1v) is 5.51. The van der Waals surface area contributed by atoms with E-state index < -0.39 is 5.97 Å². The minimum Gasteiger partial charge on any atom is -0.476 e. The molecule has 1 atom stereocenters. The maximum atomic E-state index is 11.9. The van der Waals surface area contributed by atoms with Crippen molar-refractivity contribution in [2.75, 3.05) is 6.54 Å². The topological polar surface area (TPSA) is 88.3 Å². The molecule has 1 aromatic heterocycles. The van der Waals surface area contributed by atoms with E-state index in [0.29, 0.717) is 0 Å². The number of amides is 1. The van der Waals surface area contributed by atoms with Gasteiger partial charge < -0.3 is 10.0 Å². The second-order valence-corrected chi connectivity index (χ2v) is 4.18. The summed E-state index contributed by atoms with van der Waals surface area (Å²) >= 11 is 0. The van der Waals surface area contributed by atoms with Crippen LogP contribution in [0.3, 0.4) is 0 Å². The van der Waals surface area contributed by atoms with Crippen LogP contribution in [0.2, 0.25) is 0 Å². The number of aromatic carboxylic acids is 1. The molecular formula is C10H14N4O3. The van der Waals surface area contributed by atoms with Gasteiger partial charge in [0.05, 0.1) is 6.20 Å². The normalized spacial score (nSPS) is 19.6. The fraction of sp³-hybridized carbons (Fsp3) is 0.600. The minimum atomic E-state index is -1.14. The van der Waals surface area contributed by atoms with Gasteiger partial charge in [-0.1, -0.05) is 5.21 Å². The van der Waals surface area contributed by atoms with E-state index >= 15 is 0 Å². The smallest absolute Gasteiger partial charge is 0.358 e. The van der Waals surface area contributed by atoms with Gasteiger partial charge in [0.2, 0.25) is 5.91 Å². The Morgan fingerprint density at radius 2 is 2.35 bits per heavy atom. The van der Waals surface area contributed by atoms with E-state index in [-0.39, 0.29) is 24.2 Å². The highest BCUT2D eigenvalue weighted by Crippen LogP contribution is 2.16. The molecular weight excluding hydrogens is 224 g/mol. The number of hydrogen-bond acceptors (Lipinski definition) is 4. The van der Waals surface area contributed by atoms with Crippen LogP contribution >= 0.6 is 0 Å². The van der Waals surface area contributed by atoms with Crippen LogP contribution in [0.4, 0.5) is 0 Å². The summed E-state index contributed by atoms with van der Waals surface area (Å²) in [7, 11) is 0. The Labute approximate surface area is 98.0 Å². The zero-order valence-corrected chi connectivity index (χ0v) is 9.54. The molecule has 17 heavy (non-hydrogen) atoms. The van der Waals surface area contributed by atoms with Crippen LogP contribution in [0, 0.1) is 0 Å². The van der Waals surface area contributed by atoms with Gasteiger partial charge in [-0.2, -0.15) is 0 Å². The lowest BCUT2D eigenvalue weighted by atomic mass is 10.2. The molecule has 1 aliphatic rings. The third-order valence-corrected chi connectivity index (χ3v) is 2.93. The van der Waals surface area contributed by atoms with Gasteiger partial charge in [-0.15, -0.1) is 5.10 Å². The van der Waals surface area contributed by atoms with E-state index in [1.165, 1.54) is 10.9 Å². The van der Waals surface area contributed by atoms with Crippen LogP contribution in [0.1, 0.15) is 30.3 Å². The third-order valence-electron chi connectivity index (χ3n) is 2.93. The Morgan fingerprint density at radius 3 is 2.88 bits per heavy atom. The molecule has 0 aliphatic carbocycles. The lowest BCUT2D eigenvalue weighted by Gasteiger charge is -2.20. The number of rotatable bonds is 3. The van der Waals surface area contributed by atoms with Gasteiger partial charge in [0.15, 0.2) is 5.69 Å². The van der Waals surface area contributed by atoms with Crippen molar-refractivity contribution in [3.05, 3.63) is 11.9 Å². The average molecular weight is 238 g/mol. The van der Waals surface area contributed by atoms with Gasteiger partial charge in [-0.05, 0) is 19.8 Å². The summed E-state index contributed by atoms with van der Waals surface area (Å²) in [4.78, 5) is 24.3. The summed E-state index contributed by atoms with van der Waals surface area (Å²) in [5.41, 5.74) is -0.146. The monoisotopic (exact) mass is 238 g/mol. The van der Waals surface area contributed by atoms with Crippen molar-refractivity contribution >= 4 is 11.9 Å². The van der Waals surface area contributed by atoms with E-state index in [9.17, 15) is 9.59 Å². The van der Waals surface area contributed by atoms with Crippen molar-refractivity contribution in [2.24, 2.45) is 0 Å². The van der Waals surface area contributed by atoms with Crippen LogP contribution in [0.25, 0.3) is 0 Å². The third kappa shape index (κ3) is 2.43. The van der Waals surface area contributed by atoms with E-state index in [1.807, 2.05) is 6.92 Å². The molecule has 2 heterocycles. The number of aromatic nitrogens is 3. The molecule has 0 aromatic carbocycles. The molecule has 2 rings (SSSR count).